The normalized spacial score (nSPS) is 12.6. The van der Waals surface area contributed by atoms with Crippen molar-refractivity contribution in [2.24, 2.45) is 0 Å². The Morgan fingerprint density at radius 3 is 2.48 bits per heavy atom. The SMILES string of the molecule is COc1cccc(CCCNC(=O)[C@H](c2ccccc2)N(C)S(C)(=O)=O)c1. The number of likely N-dealkylation sites (N-methyl/N-ethyl adjacent to an activating group) is 1. The molecule has 7 heteroatoms. The number of aryl methyl sites for hydroxylation is 1. The smallest absolute Gasteiger partial charge is 0.242 e. The highest BCUT2D eigenvalue weighted by molar-refractivity contribution is 7.88. The highest BCUT2D eigenvalue weighted by Crippen LogP contribution is 2.22. The Bertz CT molecular complexity index is 853. The zero-order chi connectivity index (χ0) is 19.9. The van der Waals surface area contributed by atoms with Crippen molar-refractivity contribution in [1.29, 1.82) is 0 Å². The number of amides is 1. The molecular weight excluding hydrogens is 364 g/mol. The van der Waals surface area contributed by atoms with Crippen molar-refractivity contribution < 1.29 is 17.9 Å². The van der Waals surface area contributed by atoms with Crippen molar-refractivity contribution in [3.8, 4) is 5.75 Å². The number of sulfonamides is 1. The number of ether oxygens (including phenoxy) is 1. The molecule has 0 saturated heterocycles. The average molecular weight is 391 g/mol. The minimum Gasteiger partial charge on any atom is -0.497 e. The number of nitrogens with zero attached hydrogens (tertiary/aromatic N) is 1. The Labute approximate surface area is 161 Å². The molecule has 2 aromatic carbocycles. The van der Waals surface area contributed by atoms with E-state index in [9.17, 15) is 13.2 Å². The van der Waals surface area contributed by atoms with E-state index in [1.807, 2.05) is 30.3 Å². The topological polar surface area (TPSA) is 75.7 Å². The summed E-state index contributed by atoms with van der Waals surface area (Å²) in [7, 11) is -0.472. The first-order valence-corrected chi connectivity index (χ1v) is 10.6. The lowest BCUT2D eigenvalue weighted by Crippen LogP contribution is -2.41. The Balaban J connectivity index is 1.99. The lowest BCUT2D eigenvalue weighted by molar-refractivity contribution is -0.124. The molecule has 0 spiro atoms. The van der Waals surface area contributed by atoms with Gasteiger partial charge in [-0.3, -0.25) is 4.79 Å². The van der Waals surface area contributed by atoms with Gasteiger partial charge in [0.1, 0.15) is 11.8 Å². The van der Waals surface area contributed by atoms with Gasteiger partial charge in [-0.15, -0.1) is 0 Å². The second kappa shape index (κ2) is 9.53. The van der Waals surface area contributed by atoms with Crippen molar-refractivity contribution in [2.45, 2.75) is 18.9 Å². The van der Waals surface area contributed by atoms with Gasteiger partial charge in [0.2, 0.25) is 15.9 Å². The van der Waals surface area contributed by atoms with Crippen LogP contribution >= 0.6 is 0 Å². The molecule has 0 unspecified atom stereocenters. The summed E-state index contributed by atoms with van der Waals surface area (Å²) in [5, 5.41) is 2.86. The van der Waals surface area contributed by atoms with Gasteiger partial charge < -0.3 is 10.1 Å². The van der Waals surface area contributed by atoms with Gasteiger partial charge in [0.25, 0.3) is 0 Å². The van der Waals surface area contributed by atoms with Gasteiger partial charge in [-0.1, -0.05) is 42.5 Å². The Morgan fingerprint density at radius 2 is 1.85 bits per heavy atom. The second-order valence-corrected chi connectivity index (χ2v) is 8.38. The average Bonchev–Trinajstić information content (AvgIpc) is 2.65. The van der Waals surface area contributed by atoms with Crippen molar-refractivity contribution in [3.63, 3.8) is 0 Å². The van der Waals surface area contributed by atoms with Crippen LogP contribution in [0.3, 0.4) is 0 Å². The molecule has 1 N–H and O–H groups in total. The van der Waals surface area contributed by atoms with Gasteiger partial charge in [-0.2, -0.15) is 4.31 Å². The molecule has 2 rings (SSSR count). The molecule has 0 aliphatic carbocycles. The van der Waals surface area contributed by atoms with E-state index < -0.39 is 16.1 Å². The third-order valence-corrected chi connectivity index (χ3v) is 5.58. The van der Waals surface area contributed by atoms with Crippen molar-refractivity contribution in [3.05, 3.63) is 65.7 Å². The zero-order valence-corrected chi connectivity index (χ0v) is 16.7. The third kappa shape index (κ3) is 6.08. The third-order valence-electron chi connectivity index (χ3n) is 4.33. The first kappa shape index (κ1) is 20.9. The van der Waals surface area contributed by atoms with Gasteiger partial charge >= 0.3 is 0 Å². The first-order valence-electron chi connectivity index (χ1n) is 8.71. The van der Waals surface area contributed by atoms with Gasteiger partial charge in [-0.05, 0) is 36.1 Å². The number of hydrogen-bond acceptors (Lipinski definition) is 4. The van der Waals surface area contributed by atoms with Crippen LogP contribution in [0.15, 0.2) is 54.6 Å². The number of methoxy groups -OCH3 is 1. The molecule has 0 aliphatic rings. The van der Waals surface area contributed by atoms with E-state index in [-0.39, 0.29) is 5.91 Å². The Hall–Kier alpha value is -2.38. The molecule has 0 fully saturated rings. The summed E-state index contributed by atoms with van der Waals surface area (Å²) in [6.07, 6.45) is 2.62. The summed E-state index contributed by atoms with van der Waals surface area (Å²) < 4.78 is 30.2. The van der Waals surface area contributed by atoms with Crippen LogP contribution in [0.25, 0.3) is 0 Å². The quantitative estimate of drug-likeness (QED) is 0.667. The van der Waals surface area contributed by atoms with Crippen LogP contribution in [0.5, 0.6) is 5.75 Å². The fourth-order valence-corrected chi connectivity index (χ4v) is 3.38. The summed E-state index contributed by atoms with van der Waals surface area (Å²) in [6, 6.07) is 15.8. The standard InChI is InChI=1S/C20H26N2O4S/c1-22(27(3,24)25)19(17-11-5-4-6-12-17)20(23)21-14-8-10-16-9-7-13-18(15-16)26-2/h4-7,9,11-13,15,19H,8,10,14H2,1-3H3,(H,21,23)/t19-/m0/s1. The monoisotopic (exact) mass is 390 g/mol. The van der Waals surface area contributed by atoms with Gasteiger partial charge in [0.15, 0.2) is 0 Å². The molecule has 0 bridgehead atoms. The summed E-state index contributed by atoms with van der Waals surface area (Å²) in [5.41, 5.74) is 1.76. The van der Waals surface area contributed by atoms with E-state index in [0.717, 1.165) is 34.7 Å². The summed E-state index contributed by atoms with van der Waals surface area (Å²) in [4.78, 5) is 12.7. The molecule has 2 aromatic rings. The number of benzene rings is 2. The van der Waals surface area contributed by atoms with E-state index >= 15 is 0 Å². The van der Waals surface area contributed by atoms with Crippen LogP contribution in [-0.4, -0.2) is 45.6 Å². The van der Waals surface area contributed by atoms with Crippen LogP contribution in [0.1, 0.15) is 23.6 Å². The molecule has 0 aliphatic heterocycles. The molecule has 1 amide bonds. The predicted molar refractivity (Wildman–Crippen MR) is 106 cm³/mol. The van der Waals surface area contributed by atoms with E-state index in [1.165, 1.54) is 7.05 Å². The minimum absolute atomic E-state index is 0.334. The number of carbonyl (C=O) groups is 1. The molecule has 0 aromatic heterocycles. The van der Waals surface area contributed by atoms with E-state index in [1.54, 1.807) is 31.4 Å². The zero-order valence-electron chi connectivity index (χ0n) is 15.9. The van der Waals surface area contributed by atoms with Crippen LogP contribution in [0.4, 0.5) is 0 Å². The van der Waals surface area contributed by atoms with Crippen molar-refractivity contribution >= 4 is 15.9 Å². The predicted octanol–water partition coefficient (Wildman–Crippen LogP) is 2.38. The molecule has 6 nitrogen and oxygen atoms in total. The van der Waals surface area contributed by atoms with Crippen molar-refractivity contribution in [1.82, 2.24) is 9.62 Å². The van der Waals surface area contributed by atoms with Crippen LogP contribution in [-0.2, 0) is 21.2 Å². The lowest BCUT2D eigenvalue weighted by atomic mass is 10.1. The molecule has 0 saturated carbocycles. The molecule has 1 atom stereocenters. The molecule has 0 radical (unpaired) electrons. The minimum atomic E-state index is -3.52. The Kier molecular flexibility index (Phi) is 7.38. The summed E-state index contributed by atoms with van der Waals surface area (Å²) in [6.45, 7) is 0.455. The van der Waals surface area contributed by atoms with Gasteiger partial charge in [0.05, 0.1) is 13.4 Å². The second-order valence-electron chi connectivity index (χ2n) is 6.34. The molecule has 27 heavy (non-hydrogen) atoms. The highest BCUT2D eigenvalue weighted by Gasteiger charge is 2.30. The fourth-order valence-electron chi connectivity index (χ4n) is 2.78. The molecular formula is C20H26N2O4S. The number of hydrogen-bond donors (Lipinski definition) is 1. The van der Waals surface area contributed by atoms with Crippen LogP contribution in [0, 0.1) is 0 Å². The van der Waals surface area contributed by atoms with E-state index in [0.29, 0.717) is 12.1 Å². The highest BCUT2D eigenvalue weighted by atomic mass is 32.2. The fraction of sp³-hybridized carbons (Fsp3) is 0.350. The van der Waals surface area contributed by atoms with E-state index in [2.05, 4.69) is 5.32 Å². The molecule has 146 valence electrons. The number of carbonyl (C=O) groups excluding carboxylic acids is 1. The summed E-state index contributed by atoms with van der Waals surface area (Å²) >= 11 is 0. The Morgan fingerprint density at radius 1 is 1.15 bits per heavy atom. The molecule has 0 heterocycles. The number of nitrogens with one attached hydrogen (secondary N) is 1. The van der Waals surface area contributed by atoms with Gasteiger partial charge in [0, 0.05) is 13.6 Å². The van der Waals surface area contributed by atoms with Gasteiger partial charge in [-0.25, -0.2) is 8.42 Å². The lowest BCUT2D eigenvalue weighted by Gasteiger charge is -2.25. The first-order chi connectivity index (χ1) is 12.8. The maximum atomic E-state index is 12.7. The van der Waals surface area contributed by atoms with Crippen LogP contribution < -0.4 is 10.1 Å². The van der Waals surface area contributed by atoms with Crippen LogP contribution in [0.2, 0.25) is 0 Å². The maximum Gasteiger partial charge on any atom is 0.242 e. The number of rotatable bonds is 9. The maximum absolute atomic E-state index is 12.7. The summed E-state index contributed by atoms with van der Waals surface area (Å²) in [5.74, 6) is 0.468. The van der Waals surface area contributed by atoms with Crippen molar-refractivity contribution in [2.75, 3.05) is 27.0 Å². The largest absolute Gasteiger partial charge is 0.497 e. The van der Waals surface area contributed by atoms with E-state index in [4.69, 9.17) is 4.74 Å².